The first-order valence-electron chi connectivity index (χ1n) is 13.3. The number of aromatic nitrogens is 8. The van der Waals surface area contributed by atoms with Crippen molar-refractivity contribution in [2.45, 2.75) is 49.0 Å². The third-order valence-corrected chi connectivity index (χ3v) is 10.5. The number of aromatic amines is 2. The fourth-order valence-electron chi connectivity index (χ4n) is 5.59. The zero-order valence-electron chi connectivity index (χ0n) is 24.9. The smallest absolute Gasteiger partial charge is 0.280 e. The van der Waals surface area contributed by atoms with Crippen LogP contribution in [0.15, 0.2) is 22.2 Å². The monoisotopic (exact) mass is 738 g/mol. The minimum atomic E-state index is -5.04. The molecule has 3 fully saturated rings. The van der Waals surface area contributed by atoms with Crippen molar-refractivity contribution in [1.29, 1.82) is 0 Å². The van der Waals surface area contributed by atoms with Crippen LogP contribution < -0.4 is 54.8 Å². The zero-order valence-corrected chi connectivity index (χ0v) is 27.5. The van der Waals surface area contributed by atoms with Gasteiger partial charge in [-0.15, -0.1) is 0 Å². The number of nitrogen functional groups attached to an aromatic ring is 2. The molecule has 28 heteroatoms. The van der Waals surface area contributed by atoms with Crippen LogP contribution in [-0.2, 0) is 34.9 Å². The van der Waals surface area contributed by atoms with Gasteiger partial charge in [-0.1, -0.05) is 11.8 Å². The molecule has 0 saturated carbocycles. The molecule has 7 heterocycles. The van der Waals surface area contributed by atoms with Crippen LogP contribution in [0.5, 0.6) is 0 Å². The number of H-pyrrole nitrogens is 2. The van der Waals surface area contributed by atoms with Gasteiger partial charge >= 0.3 is 0 Å². The number of imidazole rings is 2. The molecule has 18 N–H and O–H groups in total. The molecule has 3 aliphatic heterocycles. The summed E-state index contributed by atoms with van der Waals surface area (Å²) >= 11 is 5.18. The van der Waals surface area contributed by atoms with Gasteiger partial charge in [0.25, 0.3) is 11.1 Å². The number of nitrogens with one attached hydrogen (secondary N) is 4. The summed E-state index contributed by atoms with van der Waals surface area (Å²) in [5, 5.41) is 27.2. The van der Waals surface area contributed by atoms with Gasteiger partial charge in [0.15, 0.2) is 34.8 Å². The molecule has 0 aromatic carbocycles. The maximum absolute atomic E-state index is 13.5. The number of ether oxygens (including phenoxy) is 2. The van der Waals surface area contributed by atoms with Crippen molar-refractivity contribution in [3.8, 4) is 0 Å². The Morgan fingerprint density at radius 2 is 1.27 bits per heavy atom. The van der Waals surface area contributed by atoms with Crippen molar-refractivity contribution in [2.24, 2.45) is 0 Å². The van der Waals surface area contributed by atoms with Crippen molar-refractivity contribution in [3.63, 3.8) is 0 Å². The average Bonchev–Trinajstić information content (AvgIpc) is 3.72. The highest BCUT2D eigenvalue weighted by atomic mass is 32.5. The summed E-state index contributed by atoms with van der Waals surface area (Å²) in [7, 11) is -5.04. The molecule has 48 heavy (non-hydrogen) atoms. The van der Waals surface area contributed by atoms with E-state index in [1.165, 1.54) is 9.13 Å². The number of hydrogen-bond donors (Lipinski definition) is 10. The fraction of sp³-hybridized carbons (Fsp3) is 0.500. The van der Waals surface area contributed by atoms with Gasteiger partial charge in [-0.2, -0.15) is 9.97 Å². The lowest BCUT2D eigenvalue weighted by molar-refractivity contribution is -0.207. The standard InChI is InChI=1S/C20H26N12O11P2S.2H3N/c21-19-25-13-9(15(35)27-19)23-3-31(13)17-11(33)7-6(43-17)2-41-45(39,46)30-8-5(1-40-44(37,38)29-7)42-18(12(8)34)32-4-24-10-14(32)26-20(22)28-16(10)36;;/h3-8,11-12,17-18,33-34H,1-2H2,(H2,29,37,38)(H2,30,39,46)(H3,21,25,27,35)(H3,22,26,28,36);2*1H3/t5-,6-,7-,8-,11-,12-,17-,18-,45?;;/m1../s1. The second-order valence-corrected chi connectivity index (χ2v) is 15.0. The summed E-state index contributed by atoms with van der Waals surface area (Å²) < 4.78 is 37.9. The van der Waals surface area contributed by atoms with Gasteiger partial charge in [0.1, 0.15) is 24.4 Å². The summed E-state index contributed by atoms with van der Waals surface area (Å²) in [6.07, 6.45) is -6.32. The van der Waals surface area contributed by atoms with Crippen molar-refractivity contribution in [3.05, 3.63) is 33.4 Å². The predicted molar refractivity (Wildman–Crippen MR) is 165 cm³/mol. The molecule has 4 aromatic heterocycles. The highest BCUT2D eigenvalue weighted by Gasteiger charge is 2.50. The Morgan fingerprint density at radius 1 is 0.833 bits per heavy atom. The van der Waals surface area contributed by atoms with Crippen LogP contribution in [0, 0.1) is 0 Å². The van der Waals surface area contributed by atoms with Gasteiger partial charge in [0, 0.05) is 0 Å². The molecule has 0 radical (unpaired) electrons. The van der Waals surface area contributed by atoms with Gasteiger partial charge in [0.05, 0.1) is 44.6 Å². The van der Waals surface area contributed by atoms with Crippen LogP contribution >= 0.6 is 14.4 Å². The van der Waals surface area contributed by atoms with E-state index in [-0.39, 0.29) is 46.5 Å². The van der Waals surface area contributed by atoms with Gasteiger partial charge < -0.3 is 62.3 Å². The number of aliphatic hydroxyl groups excluding tert-OH is 2. The molecule has 2 unspecified atom stereocenters. The number of nitrogens with zero attached hydrogens (tertiary/aromatic N) is 6. The number of aliphatic hydroxyl groups is 2. The number of rotatable bonds is 2. The van der Waals surface area contributed by atoms with Gasteiger partial charge in [0.2, 0.25) is 19.6 Å². The maximum atomic E-state index is 13.5. The van der Waals surface area contributed by atoms with E-state index in [1.54, 1.807) is 0 Å². The molecule has 3 saturated heterocycles. The third kappa shape index (κ3) is 6.28. The molecule has 0 amide bonds. The van der Waals surface area contributed by atoms with Gasteiger partial charge in [-0.3, -0.25) is 38.3 Å². The minimum absolute atomic E-state index is 0. The first-order chi connectivity index (χ1) is 21.7. The van der Waals surface area contributed by atoms with E-state index in [0.29, 0.717) is 0 Å². The Bertz CT molecular complexity index is 1910. The number of anilines is 2. The fourth-order valence-corrected chi connectivity index (χ4v) is 8.34. The first kappa shape index (κ1) is 36.0. The van der Waals surface area contributed by atoms with Crippen molar-refractivity contribution >= 4 is 60.4 Å². The largest absolute Gasteiger partial charge is 0.789 e. The molecule has 0 bridgehead atoms. The normalized spacial score (nSPS) is 35.6. The second-order valence-electron chi connectivity index (χ2n) is 10.6. The van der Waals surface area contributed by atoms with E-state index >= 15 is 0 Å². The average molecular weight is 739 g/mol. The summed E-state index contributed by atoms with van der Waals surface area (Å²) in [5.41, 5.74) is 9.62. The zero-order chi connectivity index (χ0) is 32.7. The lowest BCUT2D eigenvalue weighted by Crippen LogP contribution is -2.50. The van der Waals surface area contributed by atoms with Crippen molar-refractivity contribution in [2.75, 3.05) is 24.7 Å². The Labute approximate surface area is 272 Å². The van der Waals surface area contributed by atoms with E-state index in [2.05, 4.69) is 40.1 Å². The molecule has 10 atom stereocenters. The van der Waals surface area contributed by atoms with E-state index in [4.69, 9.17) is 41.8 Å². The van der Waals surface area contributed by atoms with Gasteiger partial charge in [-0.05, 0) is 0 Å². The molecule has 264 valence electrons. The summed E-state index contributed by atoms with van der Waals surface area (Å²) in [6.45, 7) is -5.62. The molecule has 0 spiro atoms. The van der Waals surface area contributed by atoms with Crippen LogP contribution in [0.25, 0.3) is 22.3 Å². The molecule has 4 aromatic rings. The second kappa shape index (κ2) is 12.9. The Kier molecular flexibility index (Phi) is 9.65. The Hall–Kier alpha value is -3.30. The number of fused-ring (bicyclic) bond motifs is 4. The lowest BCUT2D eigenvalue weighted by atomic mass is 10.1. The summed E-state index contributed by atoms with van der Waals surface area (Å²) in [4.78, 5) is 71.6. The predicted octanol–water partition coefficient (Wildman–Crippen LogP) is -4.30. The Morgan fingerprint density at radius 3 is 1.75 bits per heavy atom. The number of hydrogen-bond acceptors (Lipinski definition) is 18. The van der Waals surface area contributed by atoms with Crippen LogP contribution in [0.1, 0.15) is 12.5 Å². The molecule has 7 rings (SSSR count). The highest BCUT2D eigenvalue weighted by molar-refractivity contribution is 8.07. The van der Waals surface area contributed by atoms with Gasteiger partial charge in [-0.25, -0.2) is 15.1 Å². The third-order valence-electron chi connectivity index (χ3n) is 7.63. The maximum Gasteiger partial charge on any atom is 0.280 e. The van der Waals surface area contributed by atoms with Crippen LogP contribution in [0.2, 0.25) is 0 Å². The van der Waals surface area contributed by atoms with E-state index in [9.17, 15) is 34.2 Å². The first-order valence-corrected chi connectivity index (χ1v) is 17.5. The van der Waals surface area contributed by atoms with E-state index < -0.39 is 87.7 Å². The minimum Gasteiger partial charge on any atom is -0.789 e. The van der Waals surface area contributed by atoms with Crippen LogP contribution in [0.4, 0.5) is 11.9 Å². The van der Waals surface area contributed by atoms with Crippen LogP contribution in [0.3, 0.4) is 0 Å². The number of quaternary nitrogens is 2. The topological polar surface area (TPSA) is 417 Å². The summed E-state index contributed by atoms with van der Waals surface area (Å²) in [6, 6.07) is -2.79. The quantitative estimate of drug-likeness (QED) is 0.0869. The molecule has 25 nitrogen and oxygen atoms in total. The SMILES string of the molecule is Nc1nc2c(ncn2[C@@H]2O[C@@H]3COP([O-])(=S)N[C@H]4[C@@H](O)[C@H](n5cnc6c(=O)[nH]c(N)nc65)O[C@@H]4COP(=O)([O-])N[C@H]3[C@H]2O)c(=O)[nH]1.[NH4+].[NH4+]. The van der Waals surface area contributed by atoms with E-state index in [1.807, 2.05) is 0 Å². The molecule has 0 aliphatic carbocycles. The summed E-state index contributed by atoms with van der Waals surface area (Å²) in [5.74, 6) is -0.489. The Balaban J connectivity index is 0.00000225. The van der Waals surface area contributed by atoms with Crippen molar-refractivity contribution < 1.29 is 43.1 Å². The molecular weight excluding hydrogens is 706 g/mol. The highest BCUT2D eigenvalue weighted by Crippen LogP contribution is 2.45. The van der Waals surface area contributed by atoms with Crippen LogP contribution in [-0.4, -0.2) is 99.0 Å². The van der Waals surface area contributed by atoms with E-state index in [0.717, 1.165) is 12.7 Å². The molecule has 3 aliphatic rings. The molecular formula is C20H32N14O11P2S. The lowest BCUT2D eigenvalue weighted by Gasteiger charge is -2.38. The number of nitrogens with two attached hydrogens (primary N) is 2. The van der Waals surface area contributed by atoms with Crippen molar-refractivity contribution in [1.82, 2.24) is 61.5 Å².